The molecule has 13 atom stereocenters. The van der Waals surface area contributed by atoms with Crippen LogP contribution in [0.3, 0.4) is 0 Å². The van der Waals surface area contributed by atoms with Gasteiger partial charge in [0, 0.05) is 76.6 Å². The van der Waals surface area contributed by atoms with Gasteiger partial charge in [0.2, 0.25) is 70.9 Å². The summed E-state index contributed by atoms with van der Waals surface area (Å²) in [6, 6.07) is -9.76. The Balaban J connectivity index is 1.29. The highest BCUT2D eigenvalue weighted by molar-refractivity contribution is 6.01. The van der Waals surface area contributed by atoms with Crippen LogP contribution in [0.25, 0.3) is 0 Å². The van der Waals surface area contributed by atoms with Gasteiger partial charge in [0.25, 0.3) is 0 Å². The summed E-state index contributed by atoms with van der Waals surface area (Å²) >= 11 is 0. The topological polar surface area (TPSA) is 279 Å². The van der Waals surface area contributed by atoms with Crippen LogP contribution < -0.4 is 16.0 Å². The van der Waals surface area contributed by atoms with E-state index in [1.54, 1.807) is 13.0 Å². The molecule has 3 heterocycles. The molecule has 3 unspecified atom stereocenters. The van der Waals surface area contributed by atoms with E-state index in [1.165, 1.54) is 108 Å². The molecule has 6 fully saturated rings. The first-order valence-corrected chi connectivity index (χ1v) is 37.6. The molecule has 2 bridgehead atoms. The Labute approximate surface area is 602 Å². The van der Waals surface area contributed by atoms with Gasteiger partial charge in [-0.2, -0.15) is 13.2 Å². The maximum absolute atomic E-state index is 15.5. The molecule has 7 rings (SSSR count). The van der Waals surface area contributed by atoms with Crippen LogP contribution in [-0.2, 0) is 62.3 Å². The van der Waals surface area contributed by atoms with E-state index in [0.29, 0.717) is 44.4 Å². The third-order valence-electron chi connectivity index (χ3n) is 23.8. The number of amides is 12. The molecular formula is C74H119F3N12O13. The van der Waals surface area contributed by atoms with Crippen molar-refractivity contribution in [3.8, 4) is 0 Å². The molecule has 4 aliphatic carbocycles. The predicted molar refractivity (Wildman–Crippen MR) is 376 cm³/mol. The highest BCUT2D eigenvalue weighted by atomic mass is 19.4. The predicted octanol–water partition coefficient (Wildman–Crippen LogP) is 5.52. The van der Waals surface area contributed by atoms with Gasteiger partial charge >= 0.3 is 6.18 Å². The van der Waals surface area contributed by atoms with E-state index in [1.807, 2.05) is 26.8 Å². The molecule has 0 aromatic rings. The molecule has 1 spiro atoms. The molecule has 0 aromatic carbocycles. The first-order chi connectivity index (χ1) is 48.1. The average Bonchev–Trinajstić information content (AvgIpc) is 1.22. The van der Waals surface area contributed by atoms with Crippen molar-refractivity contribution < 1.29 is 75.4 Å². The number of alkyl halides is 3. The number of ether oxygens (including phenoxy) is 1. The lowest BCUT2D eigenvalue weighted by Gasteiger charge is -2.46. The molecule has 7 aliphatic rings. The first-order valence-electron chi connectivity index (χ1n) is 37.6. The number of carbonyl (C=O) groups is 12. The Hall–Kier alpha value is -6.87. The quantitative estimate of drug-likeness (QED) is 0.203. The van der Waals surface area contributed by atoms with Gasteiger partial charge in [0.05, 0.1) is 31.5 Å². The summed E-state index contributed by atoms with van der Waals surface area (Å²) in [6.07, 6.45) is 6.13. The summed E-state index contributed by atoms with van der Waals surface area (Å²) < 4.78 is 48.2. The highest BCUT2D eigenvalue weighted by Gasteiger charge is 2.54. The molecule has 2 saturated heterocycles. The maximum atomic E-state index is 15.5. The zero-order chi connectivity index (χ0) is 75.4. The molecular weight excluding hydrogens is 1320 g/mol. The number of hydrogen-bond donors (Lipinski definition) is 3. The van der Waals surface area contributed by atoms with E-state index in [-0.39, 0.29) is 101 Å². The Morgan fingerprint density at radius 2 is 1.30 bits per heavy atom. The lowest BCUT2D eigenvalue weighted by atomic mass is 9.74. The second-order valence-electron chi connectivity index (χ2n) is 31.4. The summed E-state index contributed by atoms with van der Waals surface area (Å²) in [5.41, 5.74) is -1.54. The standard InChI is InChI=1S/C74H119F3N12O13/c1-15-23-53-64(93)79-62(47(5)16-2)70(99)83(9)44-61(92)85(11)54-26-18-17-21-37-88(69(54)98)57(39-48-29-27-45(3)28-30-48)68(97)82(8)43-59(90)78-52(34-32-49-31-33-51(74(75,76)77)58(40-49)102-14)66(95)89-42-46(4)38-55(89)65(94)80-73(35-22-36-73)72(101)87(13)63(50-24-19-20-25-50)71(100)86(12)56(67(96)81(6)7)41-60(91)84(53)10/h17-18,45-58,62-63H,15-16,19-44H2,1-14H3,(H,78,90)(H,79,93)(H,80,94)/b18-17-/t45?,46-,47-,48?,49?,51?,52-,53-,54-,55-,56-,57-,58?,62-,63-/m0/s1. The van der Waals surface area contributed by atoms with E-state index in [2.05, 4.69) is 22.9 Å². The van der Waals surface area contributed by atoms with Crippen LogP contribution in [0.1, 0.15) is 189 Å². The number of methoxy groups -OCH3 is 1. The zero-order valence-electron chi connectivity index (χ0n) is 63.2. The minimum atomic E-state index is -4.50. The van der Waals surface area contributed by atoms with Crippen molar-refractivity contribution in [1.82, 2.24) is 60.0 Å². The average molecular weight is 1440 g/mol. The molecule has 4 saturated carbocycles. The summed E-state index contributed by atoms with van der Waals surface area (Å²) in [7, 11) is 12.8. The van der Waals surface area contributed by atoms with Gasteiger partial charge in [-0.15, -0.1) is 0 Å². The van der Waals surface area contributed by atoms with Gasteiger partial charge in [0.15, 0.2) is 0 Å². The normalized spacial score (nSPS) is 32.2. The minimum absolute atomic E-state index is 0.00910. The smallest absolute Gasteiger partial charge is 0.381 e. The van der Waals surface area contributed by atoms with Crippen LogP contribution in [0.15, 0.2) is 12.2 Å². The van der Waals surface area contributed by atoms with Crippen molar-refractivity contribution in [2.45, 2.75) is 255 Å². The zero-order valence-corrected chi connectivity index (χ0v) is 63.2. The van der Waals surface area contributed by atoms with E-state index in [0.717, 1.165) is 38.5 Å². The van der Waals surface area contributed by atoms with Gasteiger partial charge in [0.1, 0.15) is 53.9 Å². The second kappa shape index (κ2) is 36.2. The summed E-state index contributed by atoms with van der Waals surface area (Å²) in [5.74, 6) is -10.3. The first kappa shape index (κ1) is 82.4. The van der Waals surface area contributed by atoms with Crippen molar-refractivity contribution in [2.24, 2.45) is 41.4 Å². The Kier molecular flexibility index (Phi) is 29.3. The number of rotatable bonds is 12. The molecule has 3 aliphatic heterocycles. The van der Waals surface area contributed by atoms with E-state index in [4.69, 9.17) is 4.74 Å². The van der Waals surface area contributed by atoms with Crippen LogP contribution in [0.4, 0.5) is 13.2 Å². The molecule has 3 N–H and O–H groups in total. The third-order valence-corrected chi connectivity index (χ3v) is 23.8. The lowest BCUT2D eigenvalue weighted by molar-refractivity contribution is -0.215. The summed E-state index contributed by atoms with van der Waals surface area (Å²) in [4.78, 5) is 192. The SMILES string of the molecule is CCC[C@H]1C(=O)N[C@@H]([C@@H](C)CC)C(=O)N(C)CC(=O)N(C)[C@H]2C/C=C\CCN(C2=O)[C@@H](CC2CCC(C)CC2)C(=O)N(C)CC(=O)N[C@@H](CCC2CCC(C(F)(F)F)C(OC)C2)C(=O)N2C[C@@H](C)C[C@H]2C(=O)NC2(CCC2)C(=O)N(C)[C@@H](C2CCCC2)C(=O)N(C)[C@H](C(=O)N(C)C)CC(=O)N1C. The Morgan fingerprint density at radius 3 is 1.90 bits per heavy atom. The Bertz CT molecular complexity index is 3030. The summed E-state index contributed by atoms with van der Waals surface area (Å²) in [5, 5.41) is 8.84. The molecule has 574 valence electrons. The largest absolute Gasteiger partial charge is 0.394 e. The molecule has 102 heavy (non-hydrogen) atoms. The van der Waals surface area contributed by atoms with Crippen molar-refractivity contribution >= 4 is 70.9 Å². The molecule has 0 radical (unpaired) electrons. The number of nitrogens with zero attached hydrogens (tertiary/aromatic N) is 9. The van der Waals surface area contributed by atoms with E-state index in [9.17, 15) is 41.9 Å². The number of nitrogens with one attached hydrogen (secondary N) is 3. The van der Waals surface area contributed by atoms with Crippen LogP contribution in [0.5, 0.6) is 0 Å². The maximum Gasteiger partial charge on any atom is 0.394 e. The molecule has 12 amide bonds. The van der Waals surface area contributed by atoms with Crippen LogP contribution in [0, 0.1) is 41.4 Å². The van der Waals surface area contributed by atoms with Crippen LogP contribution in [0.2, 0.25) is 0 Å². The van der Waals surface area contributed by atoms with Crippen LogP contribution in [-0.4, -0.2) is 271 Å². The van der Waals surface area contributed by atoms with Crippen molar-refractivity contribution in [1.29, 1.82) is 0 Å². The van der Waals surface area contributed by atoms with Crippen molar-refractivity contribution in [2.75, 3.05) is 89.7 Å². The molecule has 28 heteroatoms. The van der Waals surface area contributed by atoms with Gasteiger partial charge in [-0.3, -0.25) is 57.5 Å². The number of hydrogen-bond acceptors (Lipinski definition) is 13. The fourth-order valence-electron chi connectivity index (χ4n) is 16.8. The molecule has 25 nitrogen and oxygen atoms in total. The van der Waals surface area contributed by atoms with Crippen molar-refractivity contribution in [3.05, 3.63) is 12.2 Å². The number of fused-ring (bicyclic) bond motifs is 3. The van der Waals surface area contributed by atoms with Gasteiger partial charge in [-0.05, 0) is 132 Å². The second-order valence-corrected chi connectivity index (χ2v) is 31.4. The van der Waals surface area contributed by atoms with Gasteiger partial charge < -0.3 is 64.8 Å². The van der Waals surface area contributed by atoms with E-state index >= 15 is 28.8 Å². The Morgan fingerprint density at radius 1 is 0.657 bits per heavy atom. The number of likely N-dealkylation sites (N-methyl/N-ethyl adjacent to an activating group) is 7. The van der Waals surface area contributed by atoms with Crippen molar-refractivity contribution in [3.63, 3.8) is 0 Å². The monoisotopic (exact) mass is 1440 g/mol. The van der Waals surface area contributed by atoms with Gasteiger partial charge in [-0.1, -0.05) is 98.1 Å². The number of halogens is 3. The van der Waals surface area contributed by atoms with Gasteiger partial charge in [-0.25, -0.2) is 0 Å². The molecule has 0 aromatic heterocycles. The fourth-order valence-corrected chi connectivity index (χ4v) is 16.8. The minimum Gasteiger partial charge on any atom is -0.381 e. The van der Waals surface area contributed by atoms with E-state index < -0.39 is 174 Å². The highest BCUT2D eigenvalue weighted by Crippen LogP contribution is 2.43. The lowest BCUT2D eigenvalue weighted by Crippen LogP contribution is -2.68. The fraction of sp³-hybridized carbons (Fsp3) is 0.811. The summed E-state index contributed by atoms with van der Waals surface area (Å²) in [6.45, 7) is 8.47. The number of carbonyl (C=O) groups excluding carboxylic acids is 12. The third kappa shape index (κ3) is 19.7. The van der Waals surface area contributed by atoms with Crippen LogP contribution >= 0.6 is 0 Å².